The van der Waals surface area contributed by atoms with Crippen LogP contribution >= 0.6 is 11.8 Å². The number of rotatable bonds is 2. The molecule has 1 aliphatic heterocycles. The lowest BCUT2D eigenvalue weighted by molar-refractivity contribution is 0.224. The van der Waals surface area contributed by atoms with E-state index in [9.17, 15) is 9.90 Å². The van der Waals surface area contributed by atoms with E-state index in [1.807, 2.05) is 24.3 Å². The van der Waals surface area contributed by atoms with Gasteiger partial charge in [0.25, 0.3) is 0 Å². The van der Waals surface area contributed by atoms with Crippen LogP contribution in [0, 0.1) is 0 Å². The number of fused-ring (bicyclic) bond motifs is 2. The number of carbonyl (C=O) groups is 1. The SMILES string of the molecule is CN(C)NC(=O)Nc1c(O)ccc2c1Sc1ccccc1O2. The van der Waals surface area contributed by atoms with E-state index in [-0.39, 0.29) is 5.75 Å². The summed E-state index contributed by atoms with van der Waals surface area (Å²) in [7, 11) is 3.40. The molecule has 0 aromatic heterocycles. The zero-order valence-corrected chi connectivity index (χ0v) is 12.9. The van der Waals surface area contributed by atoms with Crippen LogP contribution in [-0.2, 0) is 0 Å². The number of benzene rings is 2. The number of nitrogens with one attached hydrogen (secondary N) is 2. The highest BCUT2D eigenvalue weighted by atomic mass is 32.2. The van der Waals surface area contributed by atoms with Crippen molar-refractivity contribution in [2.24, 2.45) is 0 Å². The van der Waals surface area contributed by atoms with Gasteiger partial charge in [0.05, 0.1) is 9.79 Å². The fraction of sp³-hybridized carbons (Fsp3) is 0.133. The molecule has 0 fully saturated rings. The van der Waals surface area contributed by atoms with Crippen molar-refractivity contribution in [2.75, 3.05) is 19.4 Å². The number of nitrogens with zero attached hydrogens (tertiary/aromatic N) is 1. The molecule has 0 aliphatic carbocycles. The molecule has 1 aliphatic rings. The smallest absolute Gasteiger partial charge is 0.333 e. The molecule has 22 heavy (non-hydrogen) atoms. The van der Waals surface area contributed by atoms with Gasteiger partial charge in [0, 0.05) is 14.1 Å². The molecule has 3 rings (SSSR count). The summed E-state index contributed by atoms with van der Waals surface area (Å²) in [5, 5.41) is 14.2. The van der Waals surface area contributed by atoms with Gasteiger partial charge < -0.3 is 15.2 Å². The summed E-state index contributed by atoms with van der Waals surface area (Å²) >= 11 is 1.44. The highest BCUT2D eigenvalue weighted by Gasteiger charge is 2.23. The maximum absolute atomic E-state index is 11.9. The molecule has 0 unspecified atom stereocenters. The van der Waals surface area contributed by atoms with Crippen molar-refractivity contribution < 1.29 is 14.6 Å². The second kappa shape index (κ2) is 5.78. The number of aromatic hydroxyl groups is 1. The molecule has 0 atom stereocenters. The van der Waals surface area contributed by atoms with Gasteiger partial charge in [-0.2, -0.15) is 0 Å². The molecule has 1 heterocycles. The highest BCUT2D eigenvalue weighted by molar-refractivity contribution is 7.99. The number of phenolic OH excluding ortho intramolecular Hbond substituents is 1. The Morgan fingerprint density at radius 2 is 1.95 bits per heavy atom. The Morgan fingerprint density at radius 3 is 2.73 bits per heavy atom. The Hall–Kier alpha value is -2.38. The van der Waals surface area contributed by atoms with Gasteiger partial charge in [-0.05, 0) is 24.3 Å². The third-order valence-corrected chi connectivity index (χ3v) is 4.11. The van der Waals surface area contributed by atoms with Crippen molar-refractivity contribution in [3.05, 3.63) is 36.4 Å². The molecule has 114 valence electrons. The standard InChI is InChI=1S/C15H15N3O3S/c1-18(2)17-15(20)16-13-9(19)7-8-11-14(13)22-12-6-4-3-5-10(12)21-11/h3-8,19H,1-2H3,(H2,16,17,20). The van der Waals surface area contributed by atoms with Gasteiger partial charge in [0.1, 0.15) is 22.9 Å². The second-order valence-electron chi connectivity index (χ2n) is 4.90. The number of phenols is 1. The lowest BCUT2D eigenvalue weighted by Crippen LogP contribution is -2.39. The van der Waals surface area contributed by atoms with Crippen LogP contribution in [0.2, 0.25) is 0 Å². The third kappa shape index (κ3) is 2.81. The van der Waals surface area contributed by atoms with Gasteiger partial charge in [-0.3, -0.25) is 5.43 Å². The van der Waals surface area contributed by atoms with Gasteiger partial charge in [0.2, 0.25) is 0 Å². The number of hydrogen-bond acceptors (Lipinski definition) is 5. The minimum absolute atomic E-state index is 0.0110. The quantitative estimate of drug-likeness (QED) is 0.500. The molecule has 6 nitrogen and oxygen atoms in total. The maximum atomic E-state index is 11.9. The van der Waals surface area contributed by atoms with Crippen LogP contribution < -0.4 is 15.5 Å². The first-order valence-corrected chi connectivity index (χ1v) is 7.42. The first-order chi connectivity index (χ1) is 10.5. The van der Waals surface area contributed by atoms with E-state index in [1.165, 1.54) is 22.8 Å². The number of para-hydroxylation sites is 1. The number of hydrazine groups is 1. The fourth-order valence-electron chi connectivity index (χ4n) is 2.05. The molecule has 0 saturated carbocycles. The average molecular weight is 317 g/mol. The molecule has 0 radical (unpaired) electrons. The van der Waals surface area contributed by atoms with Crippen molar-refractivity contribution in [1.29, 1.82) is 0 Å². The van der Waals surface area contributed by atoms with Crippen LogP contribution in [0.4, 0.5) is 10.5 Å². The maximum Gasteiger partial charge on any atom is 0.333 e. The van der Waals surface area contributed by atoms with Gasteiger partial charge in [-0.25, -0.2) is 9.80 Å². The summed E-state index contributed by atoms with van der Waals surface area (Å²) < 4.78 is 5.82. The van der Waals surface area contributed by atoms with Gasteiger partial charge >= 0.3 is 6.03 Å². The number of ether oxygens (including phenoxy) is 1. The normalized spacial score (nSPS) is 12.1. The summed E-state index contributed by atoms with van der Waals surface area (Å²) in [5.74, 6) is 1.35. The minimum Gasteiger partial charge on any atom is -0.506 e. The molecule has 0 spiro atoms. The van der Waals surface area contributed by atoms with E-state index >= 15 is 0 Å². The zero-order valence-electron chi connectivity index (χ0n) is 12.1. The number of anilines is 1. The highest BCUT2D eigenvalue weighted by Crippen LogP contribution is 2.52. The number of urea groups is 1. The van der Waals surface area contributed by atoms with Gasteiger partial charge in [-0.15, -0.1) is 0 Å². The molecule has 2 aromatic rings. The van der Waals surface area contributed by atoms with Crippen LogP contribution in [0.15, 0.2) is 46.2 Å². The second-order valence-corrected chi connectivity index (χ2v) is 5.95. The van der Waals surface area contributed by atoms with E-state index in [0.717, 1.165) is 10.6 Å². The third-order valence-electron chi connectivity index (χ3n) is 2.94. The first kappa shape index (κ1) is 14.6. The van der Waals surface area contributed by atoms with Gasteiger partial charge in [-0.1, -0.05) is 23.9 Å². The lowest BCUT2D eigenvalue weighted by atomic mass is 10.2. The Bertz CT molecular complexity index is 734. The molecule has 3 N–H and O–H groups in total. The Balaban J connectivity index is 1.94. The van der Waals surface area contributed by atoms with Crippen LogP contribution in [0.25, 0.3) is 0 Å². The molecular formula is C15H15N3O3S. The minimum atomic E-state index is -0.437. The predicted octanol–water partition coefficient (Wildman–Crippen LogP) is 3.25. The predicted molar refractivity (Wildman–Crippen MR) is 84.6 cm³/mol. The van der Waals surface area contributed by atoms with Gasteiger partial charge in [0.15, 0.2) is 0 Å². The van der Waals surface area contributed by atoms with E-state index in [1.54, 1.807) is 20.2 Å². The molecule has 2 amide bonds. The molecule has 2 aromatic carbocycles. The van der Waals surface area contributed by atoms with Crippen LogP contribution in [-0.4, -0.2) is 30.2 Å². The number of amides is 2. The van der Waals surface area contributed by atoms with Crippen molar-refractivity contribution in [3.63, 3.8) is 0 Å². The number of carbonyl (C=O) groups excluding carboxylic acids is 1. The van der Waals surface area contributed by atoms with Crippen LogP contribution in [0.3, 0.4) is 0 Å². The largest absolute Gasteiger partial charge is 0.506 e. The Labute approximate surface area is 132 Å². The van der Waals surface area contributed by atoms with E-state index < -0.39 is 6.03 Å². The summed E-state index contributed by atoms with van der Waals surface area (Å²) in [6.45, 7) is 0. The fourth-order valence-corrected chi connectivity index (χ4v) is 3.09. The summed E-state index contributed by atoms with van der Waals surface area (Å²) in [6, 6.07) is 10.4. The monoisotopic (exact) mass is 317 g/mol. The molecule has 0 bridgehead atoms. The van der Waals surface area contributed by atoms with E-state index in [0.29, 0.717) is 16.3 Å². The first-order valence-electron chi connectivity index (χ1n) is 6.60. The topological polar surface area (TPSA) is 73.8 Å². The number of hydrogen-bond donors (Lipinski definition) is 3. The van der Waals surface area contributed by atoms with Crippen molar-refractivity contribution >= 4 is 23.5 Å². The lowest BCUT2D eigenvalue weighted by Gasteiger charge is -2.23. The summed E-state index contributed by atoms with van der Waals surface area (Å²) in [5.41, 5.74) is 2.90. The molecule has 7 heteroatoms. The molecular weight excluding hydrogens is 302 g/mol. The molecule has 0 saturated heterocycles. The van der Waals surface area contributed by atoms with E-state index in [2.05, 4.69) is 10.7 Å². The van der Waals surface area contributed by atoms with Crippen LogP contribution in [0.1, 0.15) is 0 Å². The van der Waals surface area contributed by atoms with Crippen molar-refractivity contribution in [2.45, 2.75) is 9.79 Å². The zero-order chi connectivity index (χ0) is 15.7. The Kier molecular flexibility index (Phi) is 3.82. The summed E-state index contributed by atoms with van der Waals surface area (Å²) in [4.78, 5) is 13.5. The van der Waals surface area contributed by atoms with E-state index in [4.69, 9.17) is 4.74 Å². The van der Waals surface area contributed by atoms with Crippen LogP contribution in [0.5, 0.6) is 17.2 Å². The average Bonchev–Trinajstić information content (AvgIpc) is 2.48. The Morgan fingerprint density at radius 1 is 1.18 bits per heavy atom. The van der Waals surface area contributed by atoms with Crippen molar-refractivity contribution in [1.82, 2.24) is 10.4 Å². The summed E-state index contributed by atoms with van der Waals surface area (Å²) in [6.07, 6.45) is 0. The van der Waals surface area contributed by atoms with Crippen molar-refractivity contribution in [3.8, 4) is 17.2 Å².